The second-order valence-electron chi connectivity index (χ2n) is 6.03. The van der Waals surface area contributed by atoms with Crippen LogP contribution in [0.2, 0.25) is 5.15 Å². The van der Waals surface area contributed by atoms with E-state index < -0.39 is 11.8 Å². The van der Waals surface area contributed by atoms with Gasteiger partial charge in [0.15, 0.2) is 5.15 Å². The van der Waals surface area contributed by atoms with Gasteiger partial charge in [0.05, 0.1) is 6.54 Å². The number of nitrogens with zero attached hydrogens (tertiary/aromatic N) is 3. The summed E-state index contributed by atoms with van der Waals surface area (Å²) in [5.74, 6) is -0.00336. The van der Waals surface area contributed by atoms with Crippen LogP contribution in [0.15, 0.2) is 24.5 Å². The summed E-state index contributed by atoms with van der Waals surface area (Å²) in [5, 5.41) is 1.33. The zero-order chi connectivity index (χ0) is 19.4. The van der Waals surface area contributed by atoms with Crippen LogP contribution in [0.4, 0.5) is 13.8 Å². The van der Waals surface area contributed by atoms with Crippen LogP contribution >= 0.6 is 34.7 Å². The highest BCUT2D eigenvalue weighted by atomic mass is 35.5. The Hall–Kier alpha value is -1.69. The smallest absolute Gasteiger partial charge is 0.252 e. The first-order chi connectivity index (χ1) is 12.9. The van der Waals surface area contributed by atoms with Crippen LogP contribution in [0.25, 0.3) is 10.6 Å². The number of anilines is 1. The largest absolute Gasteiger partial charge is 0.289 e. The number of carbonyl (C=O) groups excluding carboxylic acids is 1. The maximum Gasteiger partial charge on any atom is 0.252 e. The molecule has 9 heteroatoms. The molecule has 0 saturated heterocycles. The lowest BCUT2D eigenvalue weighted by atomic mass is 10.3. The van der Waals surface area contributed by atoms with Gasteiger partial charge in [-0.3, -0.25) is 14.7 Å². The Bertz CT molecular complexity index is 854. The molecule has 1 aliphatic carbocycles. The summed E-state index contributed by atoms with van der Waals surface area (Å²) in [5.41, 5.74) is 0.796. The lowest BCUT2D eigenvalue weighted by Crippen LogP contribution is -2.31. The van der Waals surface area contributed by atoms with Gasteiger partial charge in [0.1, 0.15) is 10.0 Å². The summed E-state index contributed by atoms with van der Waals surface area (Å²) in [4.78, 5) is 22.4. The van der Waals surface area contributed by atoms with Crippen molar-refractivity contribution < 1.29 is 13.6 Å². The van der Waals surface area contributed by atoms with Gasteiger partial charge in [-0.25, -0.2) is 13.8 Å². The van der Waals surface area contributed by atoms with E-state index in [1.165, 1.54) is 28.0 Å². The fourth-order valence-corrected chi connectivity index (χ4v) is 4.86. The van der Waals surface area contributed by atoms with E-state index in [4.69, 9.17) is 18.0 Å². The van der Waals surface area contributed by atoms with Gasteiger partial charge in [-0.15, -0.1) is 6.42 Å². The first-order valence-electron chi connectivity index (χ1n) is 8.18. The number of pyridine rings is 1. The molecule has 2 aromatic rings. The van der Waals surface area contributed by atoms with Crippen molar-refractivity contribution in [3.63, 3.8) is 0 Å². The second kappa shape index (κ2) is 8.55. The maximum atomic E-state index is 12.9. The van der Waals surface area contributed by atoms with Crippen LogP contribution in [-0.4, -0.2) is 39.8 Å². The SMILES string of the molecule is C#CCN(C(=O)CCSCC1CC1(F)F)c1sc(-c2cccnc2)nc1Cl. The van der Waals surface area contributed by atoms with Crippen LogP contribution in [0.3, 0.4) is 0 Å². The van der Waals surface area contributed by atoms with Gasteiger partial charge in [-0.05, 0) is 12.1 Å². The number of aromatic nitrogens is 2. The fourth-order valence-electron chi connectivity index (χ4n) is 2.41. The molecule has 1 atom stereocenters. The van der Waals surface area contributed by atoms with E-state index in [1.807, 2.05) is 6.07 Å². The molecule has 1 unspecified atom stereocenters. The van der Waals surface area contributed by atoms with Crippen molar-refractivity contribution in [1.29, 1.82) is 0 Å². The van der Waals surface area contributed by atoms with Gasteiger partial charge in [0, 0.05) is 48.2 Å². The molecule has 1 aliphatic rings. The number of hydrogen-bond donors (Lipinski definition) is 0. The van der Waals surface area contributed by atoms with Crippen LogP contribution < -0.4 is 4.90 Å². The summed E-state index contributed by atoms with van der Waals surface area (Å²) in [7, 11) is 0. The third kappa shape index (κ3) is 4.98. The molecule has 27 heavy (non-hydrogen) atoms. The minimum Gasteiger partial charge on any atom is -0.289 e. The molecule has 0 bridgehead atoms. The molecular formula is C18H16ClF2N3OS2. The number of alkyl halides is 2. The zero-order valence-electron chi connectivity index (χ0n) is 14.2. The summed E-state index contributed by atoms with van der Waals surface area (Å²) >= 11 is 8.86. The average molecular weight is 428 g/mol. The number of thioether (sulfide) groups is 1. The number of amides is 1. The van der Waals surface area contributed by atoms with Crippen LogP contribution in [-0.2, 0) is 4.79 Å². The van der Waals surface area contributed by atoms with Crippen LogP contribution in [0.5, 0.6) is 0 Å². The van der Waals surface area contributed by atoms with Gasteiger partial charge < -0.3 is 0 Å². The van der Waals surface area contributed by atoms with E-state index in [0.717, 1.165) is 5.56 Å². The second-order valence-corrected chi connectivity index (χ2v) is 8.51. The number of terminal acetylenes is 1. The van der Waals surface area contributed by atoms with Crippen molar-refractivity contribution in [1.82, 2.24) is 9.97 Å². The topological polar surface area (TPSA) is 46.1 Å². The molecule has 2 aromatic heterocycles. The molecule has 1 saturated carbocycles. The predicted molar refractivity (Wildman–Crippen MR) is 107 cm³/mol. The first kappa shape index (κ1) is 20.1. The fraction of sp³-hybridized carbons (Fsp3) is 0.389. The van der Waals surface area contributed by atoms with Crippen molar-refractivity contribution >= 4 is 45.6 Å². The Kier molecular flexibility index (Phi) is 6.35. The minimum atomic E-state index is -2.52. The van der Waals surface area contributed by atoms with Crippen LogP contribution in [0, 0.1) is 18.3 Å². The highest BCUT2D eigenvalue weighted by Crippen LogP contribution is 2.50. The van der Waals surface area contributed by atoms with Crippen molar-refractivity contribution in [2.75, 3.05) is 23.0 Å². The van der Waals surface area contributed by atoms with Gasteiger partial charge >= 0.3 is 0 Å². The Morgan fingerprint density at radius 3 is 2.96 bits per heavy atom. The van der Waals surface area contributed by atoms with Crippen molar-refractivity contribution in [2.45, 2.75) is 18.8 Å². The Morgan fingerprint density at radius 1 is 1.56 bits per heavy atom. The third-order valence-corrected chi connectivity index (χ3v) is 6.64. The molecule has 3 rings (SSSR count). The van der Waals surface area contributed by atoms with E-state index in [-0.39, 0.29) is 30.4 Å². The predicted octanol–water partition coefficient (Wildman–Crippen LogP) is 4.60. The highest BCUT2D eigenvalue weighted by Gasteiger charge is 2.56. The van der Waals surface area contributed by atoms with E-state index in [2.05, 4.69) is 15.9 Å². The number of halogens is 3. The Morgan fingerprint density at radius 2 is 2.33 bits per heavy atom. The maximum absolute atomic E-state index is 12.9. The molecule has 1 amide bonds. The van der Waals surface area contributed by atoms with E-state index >= 15 is 0 Å². The molecule has 0 N–H and O–H groups in total. The molecule has 0 radical (unpaired) electrons. The van der Waals surface area contributed by atoms with E-state index in [0.29, 0.717) is 21.5 Å². The Labute approximate surface area is 169 Å². The normalized spacial score (nSPS) is 17.3. The summed E-state index contributed by atoms with van der Waals surface area (Å²) in [6.07, 6.45) is 8.87. The molecule has 142 valence electrons. The number of thiazole rings is 1. The third-order valence-electron chi connectivity index (χ3n) is 4.01. The summed E-state index contributed by atoms with van der Waals surface area (Å²) in [6.45, 7) is 0.0680. The standard InChI is InChI=1S/C18H16ClF2N3OS2/c1-2-7-24(14(25)5-8-26-11-13-9-18(13,20)21)17-15(19)23-16(27-17)12-4-3-6-22-10-12/h1,3-4,6,10,13H,5,7-9,11H2. The van der Waals surface area contributed by atoms with E-state index in [9.17, 15) is 13.6 Å². The lowest BCUT2D eigenvalue weighted by molar-refractivity contribution is -0.118. The van der Waals surface area contributed by atoms with Crippen molar-refractivity contribution in [2.24, 2.45) is 5.92 Å². The molecule has 0 aromatic carbocycles. The van der Waals surface area contributed by atoms with Gasteiger partial charge in [0.2, 0.25) is 5.91 Å². The lowest BCUT2D eigenvalue weighted by Gasteiger charge is -2.18. The Balaban J connectivity index is 1.63. The highest BCUT2D eigenvalue weighted by molar-refractivity contribution is 7.99. The van der Waals surface area contributed by atoms with Crippen LogP contribution in [0.1, 0.15) is 12.8 Å². The molecule has 0 aliphatic heterocycles. The van der Waals surface area contributed by atoms with Gasteiger partial charge in [-0.2, -0.15) is 11.8 Å². The quantitative estimate of drug-likeness (QED) is 0.456. The van der Waals surface area contributed by atoms with Crippen molar-refractivity contribution in [3.05, 3.63) is 29.7 Å². The molecular weight excluding hydrogens is 412 g/mol. The van der Waals surface area contributed by atoms with Gasteiger partial charge in [0.25, 0.3) is 5.92 Å². The molecule has 1 fully saturated rings. The minimum absolute atomic E-state index is 0.0508. The molecule has 0 spiro atoms. The number of carbonyl (C=O) groups is 1. The van der Waals surface area contributed by atoms with E-state index in [1.54, 1.807) is 18.5 Å². The number of hydrogen-bond acceptors (Lipinski definition) is 5. The zero-order valence-corrected chi connectivity index (χ0v) is 16.6. The summed E-state index contributed by atoms with van der Waals surface area (Å²) < 4.78 is 25.8. The monoisotopic (exact) mass is 427 g/mol. The molecule has 4 nitrogen and oxygen atoms in total. The first-order valence-corrected chi connectivity index (χ1v) is 10.5. The summed E-state index contributed by atoms with van der Waals surface area (Å²) in [6, 6.07) is 3.64. The molecule has 2 heterocycles. The number of rotatable bonds is 8. The van der Waals surface area contributed by atoms with Crippen molar-refractivity contribution in [3.8, 4) is 22.9 Å². The average Bonchev–Trinajstić information content (AvgIpc) is 3.08. The van der Waals surface area contributed by atoms with Gasteiger partial charge in [-0.1, -0.05) is 28.9 Å².